The summed E-state index contributed by atoms with van der Waals surface area (Å²) in [6, 6.07) is 6.38. The van der Waals surface area contributed by atoms with E-state index in [-0.39, 0.29) is 12.1 Å². The van der Waals surface area contributed by atoms with Gasteiger partial charge in [-0.15, -0.1) is 0 Å². The van der Waals surface area contributed by atoms with E-state index in [1.165, 1.54) is 5.69 Å². The quantitative estimate of drug-likeness (QED) is 0.824. The van der Waals surface area contributed by atoms with Crippen molar-refractivity contribution in [3.05, 3.63) is 42.0 Å². The topological polar surface area (TPSA) is 63.9 Å². The Morgan fingerprint density at radius 3 is 2.65 bits per heavy atom. The van der Waals surface area contributed by atoms with Gasteiger partial charge in [0.1, 0.15) is 0 Å². The van der Waals surface area contributed by atoms with Gasteiger partial charge in [0.15, 0.2) is 0 Å². The molecule has 2 amide bonds. The van der Waals surface area contributed by atoms with E-state index in [9.17, 15) is 4.79 Å². The first-order valence-electron chi connectivity index (χ1n) is 8.14. The van der Waals surface area contributed by atoms with Crippen molar-refractivity contribution in [2.45, 2.75) is 52.2 Å². The van der Waals surface area contributed by atoms with Crippen LogP contribution in [0.5, 0.6) is 0 Å². The summed E-state index contributed by atoms with van der Waals surface area (Å²) in [4.78, 5) is 11.9. The molecule has 0 aliphatic carbocycles. The van der Waals surface area contributed by atoms with E-state index >= 15 is 0 Å². The molecule has 0 radical (unpaired) electrons. The molecule has 0 bridgehead atoms. The Balaban J connectivity index is 1.70. The van der Waals surface area contributed by atoms with Gasteiger partial charge in [-0.1, -0.05) is 0 Å². The average molecular weight is 317 g/mol. The highest BCUT2D eigenvalue weighted by Crippen LogP contribution is 2.06. The molecule has 6 heteroatoms. The summed E-state index contributed by atoms with van der Waals surface area (Å²) in [5.41, 5.74) is 2.14. The lowest BCUT2D eigenvalue weighted by Crippen LogP contribution is -2.40. The van der Waals surface area contributed by atoms with E-state index in [1.807, 2.05) is 43.2 Å². The van der Waals surface area contributed by atoms with Gasteiger partial charge in [-0.3, -0.25) is 4.68 Å². The van der Waals surface area contributed by atoms with Crippen LogP contribution in [0.15, 0.2) is 30.6 Å². The molecule has 2 aromatic rings. The lowest BCUT2D eigenvalue weighted by atomic mass is 10.1. The molecule has 0 spiro atoms. The van der Waals surface area contributed by atoms with E-state index < -0.39 is 0 Å². The summed E-state index contributed by atoms with van der Waals surface area (Å²) in [5.74, 6) is 0. The number of carbonyl (C=O) groups excluding carboxylic acids is 1. The number of aromatic nitrogens is 3. The second-order valence-electron chi connectivity index (χ2n) is 6.26. The van der Waals surface area contributed by atoms with E-state index in [0.29, 0.717) is 12.6 Å². The summed E-state index contributed by atoms with van der Waals surface area (Å²) >= 11 is 0. The summed E-state index contributed by atoms with van der Waals surface area (Å²) in [6.07, 6.45) is 5.83. The Morgan fingerprint density at radius 2 is 2.04 bits per heavy atom. The summed E-state index contributed by atoms with van der Waals surface area (Å²) < 4.78 is 4.00. The van der Waals surface area contributed by atoms with Crippen molar-refractivity contribution >= 4 is 6.03 Å². The van der Waals surface area contributed by atoms with Crippen LogP contribution in [0.1, 0.15) is 44.6 Å². The van der Waals surface area contributed by atoms with Crippen LogP contribution in [0.2, 0.25) is 0 Å². The molecule has 0 saturated carbocycles. The van der Waals surface area contributed by atoms with Gasteiger partial charge < -0.3 is 15.2 Å². The van der Waals surface area contributed by atoms with Gasteiger partial charge in [0.25, 0.3) is 0 Å². The Kier molecular flexibility index (Phi) is 5.84. The third-order valence-electron chi connectivity index (χ3n) is 3.89. The number of hydrogen-bond acceptors (Lipinski definition) is 2. The molecular weight excluding hydrogens is 290 g/mol. The fourth-order valence-corrected chi connectivity index (χ4v) is 2.40. The van der Waals surface area contributed by atoms with Crippen LogP contribution in [0, 0.1) is 0 Å². The molecule has 0 aliphatic rings. The minimum absolute atomic E-state index is 0.123. The van der Waals surface area contributed by atoms with Crippen LogP contribution >= 0.6 is 0 Å². The lowest BCUT2D eigenvalue weighted by molar-refractivity contribution is 0.236. The third-order valence-corrected chi connectivity index (χ3v) is 3.89. The molecule has 2 aromatic heterocycles. The number of hydrogen-bond donors (Lipinski definition) is 2. The van der Waals surface area contributed by atoms with Gasteiger partial charge in [-0.05, 0) is 51.8 Å². The van der Waals surface area contributed by atoms with Crippen LogP contribution < -0.4 is 10.6 Å². The highest BCUT2D eigenvalue weighted by molar-refractivity contribution is 5.74. The molecule has 2 heterocycles. The molecule has 1 unspecified atom stereocenters. The fraction of sp³-hybridized carbons (Fsp3) is 0.529. The molecule has 6 nitrogen and oxygen atoms in total. The van der Waals surface area contributed by atoms with Crippen molar-refractivity contribution in [2.75, 3.05) is 0 Å². The van der Waals surface area contributed by atoms with Gasteiger partial charge >= 0.3 is 6.03 Å². The van der Waals surface area contributed by atoms with E-state index in [4.69, 9.17) is 0 Å². The molecule has 0 saturated heterocycles. The maximum absolute atomic E-state index is 11.9. The highest BCUT2D eigenvalue weighted by atomic mass is 16.2. The van der Waals surface area contributed by atoms with Crippen molar-refractivity contribution in [3.63, 3.8) is 0 Å². The normalized spacial score (nSPS) is 12.4. The van der Waals surface area contributed by atoms with E-state index in [2.05, 4.69) is 40.2 Å². The van der Waals surface area contributed by atoms with Crippen molar-refractivity contribution in [3.8, 4) is 0 Å². The molecule has 1 atom stereocenters. The Bertz CT molecular complexity index is 628. The fourth-order valence-electron chi connectivity index (χ4n) is 2.40. The number of rotatable bonds is 7. The largest absolute Gasteiger partial charge is 0.354 e. The van der Waals surface area contributed by atoms with Crippen molar-refractivity contribution in [1.82, 2.24) is 25.0 Å². The smallest absolute Gasteiger partial charge is 0.315 e. The lowest BCUT2D eigenvalue weighted by Gasteiger charge is -2.14. The van der Waals surface area contributed by atoms with Gasteiger partial charge in [0.2, 0.25) is 0 Å². The van der Waals surface area contributed by atoms with Gasteiger partial charge in [0.05, 0.1) is 12.2 Å². The van der Waals surface area contributed by atoms with Crippen LogP contribution in [-0.4, -0.2) is 26.4 Å². The zero-order valence-corrected chi connectivity index (χ0v) is 14.4. The Morgan fingerprint density at radius 1 is 1.26 bits per heavy atom. The maximum Gasteiger partial charge on any atom is 0.315 e. The van der Waals surface area contributed by atoms with Gasteiger partial charge in [0, 0.05) is 37.2 Å². The molecular formula is C17H27N5O. The first-order valence-corrected chi connectivity index (χ1v) is 8.14. The number of amides is 2. The molecule has 2 rings (SSSR count). The standard InChI is InChI=1S/C17H27N5O/c1-13(2)22-11-9-15(20-22)12-18-17(23)19-14(3)7-8-16-6-5-10-21(16)4/h5-6,9-11,13-14H,7-8,12H2,1-4H3,(H2,18,19,23). The monoisotopic (exact) mass is 317 g/mol. The van der Waals surface area contributed by atoms with E-state index in [1.54, 1.807) is 0 Å². The number of aryl methyl sites for hydroxylation is 2. The zero-order chi connectivity index (χ0) is 16.8. The zero-order valence-electron chi connectivity index (χ0n) is 14.4. The van der Waals surface area contributed by atoms with E-state index in [0.717, 1.165) is 18.5 Å². The Labute approximate surface area is 137 Å². The van der Waals surface area contributed by atoms with Crippen molar-refractivity contribution in [2.24, 2.45) is 7.05 Å². The minimum atomic E-state index is -0.150. The summed E-state index contributed by atoms with van der Waals surface area (Å²) in [5, 5.41) is 10.2. The number of nitrogens with zero attached hydrogens (tertiary/aromatic N) is 3. The first-order chi connectivity index (χ1) is 11.0. The number of urea groups is 1. The van der Waals surface area contributed by atoms with Gasteiger partial charge in [-0.25, -0.2) is 4.79 Å². The van der Waals surface area contributed by atoms with Crippen LogP contribution in [0.25, 0.3) is 0 Å². The van der Waals surface area contributed by atoms with Crippen molar-refractivity contribution in [1.29, 1.82) is 0 Å². The Hall–Kier alpha value is -2.24. The average Bonchev–Trinajstić information content (AvgIpc) is 3.12. The molecule has 0 fully saturated rings. The number of nitrogens with one attached hydrogen (secondary N) is 2. The SMILES string of the molecule is CC(CCc1cccn1C)NC(=O)NCc1ccn(C(C)C)n1. The molecule has 2 N–H and O–H groups in total. The molecule has 23 heavy (non-hydrogen) atoms. The third kappa shape index (κ3) is 5.16. The molecule has 126 valence electrons. The van der Waals surface area contributed by atoms with Gasteiger partial charge in [-0.2, -0.15) is 5.10 Å². The summed E-state index contributed by atoms with van der Waals surface area (Å²) in [6.45, 7) is 6.61. The molecule has 0 aromatic carbocycles. The van der Waals surface area contributed by atoms with Crippen LogP contribution in [-0.2, 0) is 20.0 Å². The minimum Gasteiger partial charge on any atom is -0.354 e. The predicted molar refractivity (Wildman–Crippen MR) is 91.2 cm³/mol. The van der Waals surface area contributed by atoms with Crippen LogP contribution in [0.4, 0.5) is 4.79 Å². The highest BCUT2D eigenvalue weighted by Gasteiger charge is 2.09. The molecule has 0 aliphatic heterocycles. The number of carbonyl (C=O) groups is 1. The maximum atomic E-state index is 11.9. The first kappa shape index (κ1) is 17.1. The summed E-state index contributed by atoms with van der Waals surface area (Å²) in [7, 11) is 2.04. The second-order valence-corrected chi connectivity index (χ2v) is 6.26. The predicted octanol–water partition coefficient (Wildman–Crippen LogP) is 2.62. The van der Waals surface area contributed by atoms with Crippen molar-refractivity contribution < 1.29 is 4.79 Å². The van der Waals surface area contributed by atoms with Crippen LogP contribution in [0.3, 0.4) is 0 Å². The second kappa shape index (κ2) is 7.85.